The second kappa shape index (κ2) is 7.68. The minimum absolute atomic E-state index is 0.0732. The molecule has 25 heavy (non-hydrogen) atoms. The van der Waals surface area contributed by atoms with Crippen LogP contribution in [0.5, 0.6) is 0 Å². The fourth-order valence-electron chi connectivity index (χ4n) is 2.82. The number of nitrogens with zero attached hydrogens (tertiary/aromatic N) is 1. The van der Waals surface area contributed by atoms with Crippen LogP contribution in [0.3, 0.4) is 0 Å². The molecule has 0 heterocycles. The van der Waals surface area contributed by atoms with Crippen molar-refractivity contribution in [2.24, 2.45) is 5.73 Å². The molecule has 10 heteroatoms. The van der Waals surface area contributed by atoms with Gasteiger partial charge in [-0.1, -0.05) is 0 Å². The van der Waals surface area contributed by atoms with Crippen molar-refractivity contribution >= 4 is 17.3 Å². The highest BCUT2D eigenvalue weighted by Crippen LogP contribution is 2.38. The Hall–Kier alpha value is -2.36. The number of ether oxygens (including phenoxy) is 1. The van der Waals surface area contributed by atoms with Gasteiger partial charge in [-0.2, -0.15) is 13.2 Å². The lowest BCUT2D eigenvalue weighted by atomic mass is 9.92. The fraction of sp³-hybridized carbons (Fsp3) is 0.533. The van der Waals surface area contributed by atoms with Crippen molar-refractivity contribution in [2.45, 2.75) is 44.0 Å². The Morgan fingerprint density at radius 3 is 2.48 bits per heavy atom. The van der Waals surface area contributed by atoms with E-state index in [1.807, 2.05) is 0 Å². The van der Waals surface area contributed by atoms with Gasteiger partial charge in [-0.3, -0.25) is 14.9 Å². The number of primary amides is 1. The summed E-state index contributed by atoms with van der Waals surface area (Å²) < 4.78 is 44.3. The van der Waals surface area contributed by atoms with E-state index in [0.717, 1.165) is 12.1 Å². The molecule has 7 nitrogen and oxygen atoms in total. The largest absolute Gasteiger partial charge is 0.423 e. The van der Waals surface area contributed by atoms with Crippen molar-refractivity contribution in [3.63, 3.8) is 0 Å². The molecule has 138 valence electrons. The number of nitrogens with two attached hydrogens (primary N) is 1. The first-order chi connectivity index (χ1) is 11.7. The van der Waals surface area contributed by atoms with Gasteiger partial charge >= 0.3 is 6.18 Å². The molecule has 1 fully saturated rings. The Kier molecular flexibility index (Phi) is 5.83. The van der Waals surface area contributed by atoms with E-state index in [-0.39, 0.29) is 24.4 Å². The lowest BCUT2D eigenvalue weighted by Gasteiger charge is -2.29. The number of halogens is 3. The van der Waals surface area contributed by atoms with Crippen molar-refractivity contribution in [3.05, 3.63) is 33.9 Å². The topological polar surface area (TPSA) is 107 Å². The number of nitro benzene ring substituents is 1. The summed E-state index contributed by atoms with van der Waals surface area (Å²) in [5.41, 5.74) is 2.94. The number of amides is 1. The number of hydrogen-bond acceptors (Lipinski definition) is 5. The zero-order chi connectivity index (χ0) is 18.6. The molecule has 1 aromatic rings. The van der Waals surface area contributed by atoms with E-state index in [0.29, 0.717) is 25.7 Å². The number of benzene rings is 1. The fourth-order valence-corrected chi connectivity index (χ4v) is 2.82. The predicted octanol–water partition coefficient (Wildman–Crippen LogP) is 2.84. The first-order valence-electron chi connectivity index (χ1n) is 7.69. The average molecular weight is 361 g/mol. The van der Waals surface area contributed by atoms with E-state index in [1.54, 1.807) is 0 Å². The number of anilines is 1. The van der Waals surface area contributed by atoms with Gasteiger partial charge in [-0.25, -0.2) is 0 Å². The maximum atomic E-state index is 13.0. The molecule has 1 aromatic carbocycles. The van der Waals surface area contributed by atoms with Gasteiger partial charge in [0, 0.05) is 17.8 Å². The molecule has 2 rings (SSSR count). The van der Waals surface area contributed by atoms with E-state index in [4.69, 9.17) is 10.5 Å². The molecule has 0 atom stereocenters. The number of alkyl halides is 3. The standard InChI is InChI=1S/C15H18F3N3O4/c16-15(17,18)12-7-10(3-6-13(12)21(23)24)20-9-1-4-11(5-2-9)25-8-14(19)22/h3,6-7,9,11,20H,1-2,4-5,8H2,(H2,19,22). The van der Waals surface area contributed by atoms with Crippen LogP contribution in [0.4, 0.5) is 24.5 Å². The molecule has 1 saturated carbocycles. The summed E-state index contributed by atoms with van der Waals surface area (Å²) in [4.78, 5) is 20.4. The van der Waals surface area contributed by atoms with Gasteiger partial charge in [-0.15, -0.1) is 0 Å². The van der Waals surface area contributed by atoms with Gasteiger partial charge in [0.2, 0.25) is 5.91 Å². The van der Waals surface area contributed by atoms with E-state index in [1.165, 1.54) is 6.07 Å². The normalized spacial score (nSPS) is 20.9. The van der Waals surface area contributed by atoms with Crippen LogP contribution in [0.25, 0.3) is 0 Å². The predicted molar refractivity (Wildman–Crippen MR) is 82.9 cm³/mol. The average Bonchev–Trinajstić information content (AvgIpc) is 2.53. The van der Waals surface area contributed by atoms with Gasteiger partial charge in [0.1, 0.15) is 12.2 Å². The zero-order valence-electron chi connectivity index (χ0n) is 13.2. The Labute approximate surface area is 141 Å². The third kappa shape index (κ3) is 5.31. The summed E-state index contributed by atoms with van der Waals surface area (Å²) >= 11 is 0. The van der Waals surface area contributed by atoms with Crippen molar-refractivity contribution in [1.82, 2.24) is 0 Å². The minimum Gasteiger partial charge on any atom is -0.382 e. The van der Waals surface area contributed by atoms with Crippen LogP contribution in [-0.2, 0) is 15.7 Å². The van der Waals surface area contributed by atoms with Crippen LogP contribution in [-0.4, -0.2) is 29.6 Å². The number of carbonyl (C=O) groups excluding carboxylic acids is 1. The number of carbonyl (C=O) groups is 1. The van der Waals surface area contributed by atoms with E-state index in [9.17, 15) is 28.1 Å². The number of hydrogen-bond donors (Lipinski definition) is 2. The summed E-state index contributed by atoms with van der Waals surface area (Å²) in [7, 11) is 0. The summed E-state index contributed by atoms with van der Waals surface area (Å²) in [5.74, 6) is -0.550. The van der Waals surface area contributed by atoms with Crippen LogP contribution < -0.4 is 11.1 Å². The summed E-state index contributed by atoms with van der Waals surface area (Å²) in [5, 5.41) is 13.7. The molecule has 0 radical (unpaired) electrons. The maximum absolute atomic E-state index is 13.0. The Morgan fingerprint density at radius 2 is 1.96 bits per heavy atom. The lowest BCUT2D eigenvalue weighted by molar-refractivity contribution is -0.388. The quantitative estimate of drug-likeness (QED) is 0.598. The molecule has 1 aliphatic carbocycles. The Balaban J connectivity index is 2.00. The van der Waals surface area contributed by atoms with Crippen LogP contribution >= 0.6 is 0 Å². The molecule has 3 N–H and O–H groups in total. The maximum Gasteiger partial charge on any atom is 0.423 e. The molecule has 0 aromatic heterocycles. The van der Waals surface area contributed by atoms with E-state index >= 15 is 0 Å². The Bertz CT molecular complexity index is 643. The first-order valence-corrected chi connectivity index (χ1v) is 7.69. The summed E-state index contributed by atoms with van der Waals surface area (Å²) in [6.45, 7) is -0.153. The molecular formula is C15H18F3N3O4. The third-order valence-corrected chi connectivity index (χ3v) is 4.00. The highest BCUT2D eigenvalue weighted by molar-refractivity contribution is 5.75. The zero-order valence-corrected chi connectivity index (χ0v) is 13.2. The number of rotatable bonds is 6. The third-order valence-electron chi connectivity index (χ3n) is 4.00. The van der Waals surface area contributed by atoms with Gasteiger partial charge in [0.25, 0.3) is 5.69 Å². The molecule has 0 unspecified atom stereocenters. The van der Waals surface area contributed by atoms with Crippen LogP contribution in [0, 0.1) is 10.1 Å². The van der Waals surface area contributed by atoms with Gasteiger partial charge in [0.05, 0.1) is 11.0 Å². The highest BCUT2D eigenvalue weighted by atomic mass is 19.4. The van der Waals surface area contributed by atoms with E-state index in [2.05, 4.69) is 5.32 Å². The lowest BCUT2D eigenvalue weighted by Crippen LogP contribution is -2.32. The molecule has 0 spiro atoms. The minimum atomic E-state index is -4.81. The summed E-state index contributed by atoms with van der Waals surface area (Å²) in [6.07, 6.45) is -2.34. The molecular weight excluding hydrogens is 343 g/mol. The van der Waals surface area contributed by atoms with Crippen molar-refractivity contribution in [1.29, 1.82) is 0 Å². The number of nitrogens with one attached hydrogen (secondary N) is 1. The summed E-state index contributed by atoms with van der Waals surface area (Å²) in [6, 6.07) is 2.81. The second-order valence-corrected chi connectivity index (χ2v) is 5.88. The van der Waals surface area contributed by atoms with Gasteiger partial charge < -0.3 is 15.8 Å². The van der Waals surface area contributed by atoms with Crippen molar-refractivity contribution in [3.8, 4) is 0 Å². The van der Waals surface area contributed by atoms with Gasteiger partial charge in [-0.05, 0) is 37.8 Å². The molecule has 0 aliphatic heterocycles. The smallest absolute Gasteiger partial charge is 0.382 e. The molecule has 1 aliphatic rings. The highest BCUT2D eigenvalue weighted by Gasteiger charge is 2.38. The van der Waals surface area contributed by atoms with Crippen LogP contribution in [0.15, 0.2) is 18.2 Å². The first kappa shape index (κ1) is 19.0. The van der Waals surface area contributed by atoms with E-state index < -0.39 is 28.3 Å². The number of nitro groups is 1. The van der Waals surface area contributed by atoms with Crippen LogP contribution in [0.2, 0.25) is 0 Å². The molecule has 0 saturated heterocycles. The van der Waals surface area contributed by atoms with Crippen LogP contribution in [0.1, 0.15) is 31.2 Å². The van der Waals surface area contributed by atoms with Gasteiger partial charge in [0.15, 0.2) is 0 Å². The monoisotopic (exact) mass is 361 g/mol. The second-order valence-electron chi connectivity index (χ2n) is 5.88. The molecule has 1 amide bonds. The Morgan fingerprint density at radius 1 is 1.32 bits per heavy atom. The van der Waals surface area contributed by atoms with Crippen molar-refractivity contribution < 1.29 is 27.6 Å². The molecule has 0 bridgehead atoms. The van der Waals surface area contributed by atoms with Crippen molar-refractivity contribution in [2.75, 3.05) is 11.9 Å². The SMILES string of the molecule is NC(=O)COC1CCC(Nc2ccc([N+](=O)[O-])c(C(F)(F)F)c2)CC1.